The third-order valence-corrected chi connectivity index (χ3v) is 3.96. The monoisotopic (exact) mass is 317 g/mol. The van der Waals surface area contributed by atoms with Gasteiger partial charge in [0.15, 0.2) is 5.69 Å². The molecule has 3 heterocycles. The first-order valence-corrected chi connectivity index (χ1v) is 7.75. The van der Waals surface area contributed by atoms with Gasteiger partial charge in [-0.25, -0.2) is 0 Å². The number of rotatable bonds is 3. The van der Waals surface area contributed by atoms with Gasteiger partial charge >= 0.3 is 0 Å². The van der Waals surface area contributed by atoms with Crippen LogP contribution in [-0.4, -0.2) is 52.9 Å². The van der Waals surface area contributed by atoms with Gasteiger partial charge in [0.25, 0.3) is 11.8 Å². The molecular formula is C16H19N3O4. The molecule has 0 radical (unpaired) electrons. The fraction of sp³-hybridized carbons (Fsp3) is 0.438. The van der Waals surface area contributed by atoms with Crippen molar-refractivity contribution >= 4 is 11.8 Å². The third-order valence-electron chi connectivity index (χ3n) is 3.96. The van der Waals surface area contributed by atoms with Crippen LogP contribution in [0.15, 0.2) is 33.6 Å². The van der Waals surface area contributed by atoms with E-state index in [0.717, 1.165) is 6.42 Å². The quantitative estimate of drug-likeness (QED) is 0.862. The van der Waals surface area contributed by atoms with Gasteiger partial charge in [-0.3, -0.25) is 9.59 Å². The van der Waals surface area contributed by atoms with Gasteiger partial charge in [0.05, 0.1) is 11.8 Å². The summed E-state index contributed by atoms with van der Waals surface area (Å²) in [6.45, 7) is 4.14. The first-order chi connectivity index (χ1) is 11.2. The summed E-state index contributed by atoms with van der Waals surface area (Å²) < 4.78 is 10.0. The molecule has 0 unspecified atom stereocenters. The summed E-state index contributed by atoms with van der Waals surface area (Å²) in [5, 5.41) is 3.83. The Balaban J connectivity index is 1.64. The molecule has 2 aromatic heterocycles. The lowest BCUT2D eigenvalue weighted by molar-refractivity contribution is 0.0712. The number of hydrogen-bond donors (Lipinski definition) is 0. The van der Waals surface area contributed by atoms with Gasteiger partial charge in [-0.1, -0.05) is 12.1 Å². The highest BCUT2D eigenvalue weighted by atomic mass is 16.5. The Morgan fingerprint density at radius 1 is 1.17 bits per heavy atom. The molecule has 2 aromatic rings. The van der Waals surface area contributed by atoms with E-state index >= 15 is 0 Å². The summed E-state index contributed by atoms with van der Waals surface area (Å²) in [5.41, 5.74) is 0.866. The molecule has 0 aliphatic carbocycles. The molecule has 23 heavy (non-hydrogen) atoms. The molecule has 7 nitrogen and oxygen atoms in total. The maximum absolute atomic E-state index is 12.5. The number of furan rings is 1. The van der Waals surface area contributed by atoms with E-state index in [0.29, 0.717) is 49.6 Å². The average Bonchev–Trinajstić information content (AvgIpc) is 3.21. The van der Waals surface area contributed by atoms with Crippen molar-refractivity contribution in [1.29, 1.82) is 0 Å². The van der Waals surface area contributed by atoms with E-state index in [1.165, 1.54) is 12.5 Å². The maximum atomic E-state index is 12.5. The van der Waals surface area contributed by atoms with Crippen molar-refractivity contribution in [2.24, 2.45) is 0 Å². The van der Waals surface area contributed by atoms with Crippen LogP contribution >= 0.6 is 0 Å². The minimum Gasteiger partial charge on any atom is -0.472 e. The zero-order valence-electron chi connectivity index (χ0n) is 13.0. The molecular weight excluding hydrogens is 298 g/mol. The molecule has 0 saturated carbocycles. The van der Waals surface area contributed by atoms with Gasteiger partial charge < -0.3 is 18.7 Å². The average molecular weight is 317 g/mol. The van der Waals surface area contributed by atoms with E-state index in [1.54, 1.807) is 21.9 Å². The molecule has 0 N–H and O–H groups in total. The molecule has 0 spiro atoms. The number of carbonyl (C=O) groups excluding carboxylic acids is 2. The van der Waals surface area contributed by atoms with Crippen LogP contribution in [0.5, 0.6) is 0 Å². The van der Waals surface area contributed by atoms with Crippen molar-refractivity contribution in [2.75, 3.05) is 26.2 Å². The smallest absolute Gasteiger partial charge is 0.276 e. The van der Waals surface area contributed by atoms with Crippen LogP contribution in [-0.2, 0) is 6.42 Å². The van der Waals surface area contributed by atoms with Crippen LogP contribution in [0.4, 0.5) is 0 Å². The third kappa shape index (κ3) is 3.28. The molecule has 0 atom stereocenters. The Hall–Kier alpha value is -2.57. The van der Waals surface area contributed by atoms with Gasteiger partial charge in [-0.15, -0.1) is 0 Å². The summed E-state index contributed by atoms with van der Waals surface area (Å²) >= 11 is 0. The minimum absolute atomic E-state index is 0.0669. The molecule has 3 rings (SSSR count). The highest BCUT2D eigenvalue weighted by molar-refractivity contribution is 5.94. The molecule has 1 fully saturated rings. The first kappa shape index (κ1) is 15.3. The van der Waals surface area contributed by atoms with Gasteiger partial charge in [0.1, 0.15) is 12.0 Å². The zero-order valence-corrected chi connectivity index (χ0v) is 13.0. The maximum Gasteiger partial charge on any atom is 0.276 e. The zero-order chi connectivity index (χ0) is 16.2. The Morgan fingerprint density at radius 3 is 2.52 bits per heavy atom. The molecule has 122 valence electrons. The lowest BCUT2D eigenvalue weighted by Crippen LogP contribution is -2.37. The Kier molecular flexibility index (Phi) is 4.45. The number of hydrogen-bond acceptors (Lipinski definition) is 5. The molecule has 1 saturated heterocycles. The van der Waals surface area contributed by atoms with E-state index < -0.39 is 0 Å². The summed E-state index contributed by atoms with van der Waals surface area (Å²) in [4.78, 5) is 28.3. The van der Waals surface area contributed by atoms with E-state index in [4.69, 9.17) is 8.94 Å². The van der Waals surface area contributed by atoms with Gasteiger partial charge in [0.2, 0.25) is 0 Å². The SMILES string of the molecule is CCc1cc(C(=O)N2CCCN(C(=O)c3ccoc3)CC2)no1. The van der Waals surface area contributed by atoms with Crippen LogP contribution < -0.4 is 0 Å². The molecule has 2 amide bonds. The Labute approximate surface area is 133 Å². The van der Waals surface area contributed by atoms with Gasteiger partial charge in [-0.2, -0.15) is 0 Å². The standard InChI is InChI=1S/C16H19N3O4/c1-2-13-10-14(17-23-13)16(21)19-6-3-5-18(7-8-19)15(20)12-4-9-22-11-12/h4,9-11H,2-3,5-8H2,1H3. The van der Waals surface area contributed by atoms with Crippen molar-refractivity contribution < 1.29 is 18.5 Å². The second-order valence-electron chi connectivity index (χ2n) is 5.48. The summed E-state index contributed by atoms with van der Waals surface area (Å²) in [6.07, 6.45) is 4.36. The van der Waals surface area contributed by atoms with Crippen LogP contribution in [0, 0.1) is 0 Å². The normalized spacial score (nSPS) is 15.5. The fourth-order valence-electron chi connectivity index (χ4n) is 2.63. The highest BCUT2D eigenvalue weighted by Crippen LogP contribution is 2.13. The fourth-order valence-corrected chi connectivity index (χ4v) is 2.63. The van der Waals surface area contributed by atoms with Gasteiger partial charge in [0, 0.05) is 38.7 Å². The predicted octanol–water partition coefficient (Wildman–Crippen LogP) is 1.82. The topological polar surface area (TPSA) is 79.8 Å². The van der Waals surface area contributed by atoms with Crippen molar-refractivity contribution in [3.63, 3.8) is 0 Å². The van der Waals surface area contributed by atoms with E-state index in [9.17, 15) is 9.59 Å². The lowest BCUT2D eigenvalue weighted by Gasteiger charge is -2.21. The largest absolute Gasteiger partial charge is 0.472 e. The van der Waals surface area contributed by atoms with E-state index in [2.05, 4.69) is 5.16 Å². The van der Waals surface area contributed by atoms with Gasteiger partial charge in [-0.05, 0) is 12.5 Å². The first-order valence-electron chi connectivity index (χ1n) is 7.75. The van der Waals surface area contributed by atoms with Crippen LogP contribution in [0.3, 0.4) is 0 Å². The van der Waals surface area contributed by atoms with Crippen molar-refractivity contribution in [2.45, 2.75) is 19.8 Å². The van der Waals surface area contributed by atoms with E-state index in [1.807, 2.05) is 6.92 Å². The summed E-state index contributed by atoms with van der Waals surface area (Å²) in [5.74, 6) is 0.480. The van der Waals surface area contributed by atoms with Crippen molar-refractivity contribution in [1.82, 2.24) is 15.0 Å². The number of carbonyl (C=O) groups is 2. The number of amides is 2. The molecule has 1 aliphatic rings. The number of aromatic nitrogens is 1. The second kappa shape index (κ2) is 6.68. The lowest BCUT2D eigenvalue weighted by atomic mass is 10.3. The molecule has 1 aliphatic heterocycles. The minimum atomic E-state index is -0.147. The second-order valence-corrected chi connectivity index (χ2v) is 5.48. The highest BCUT2D eigenvalue weighted by Gasteiger charge is 2.25. The number of aryl methyl sites for hydroxylation is 1. The summed E-state index contributed by atoms with van der Waals surface area (Å²) in [7, 11) is 0. The number of nitrogens with zero attached hydrogens (tertiary/aromatic N) is 3. The molecule has 7 heteroatoms. The Bertz CT molecular complexity index is 677. The van der Waals surface area contributed by atoms with Crippen LogP contribution in [0.1, 0.15) is 40.0 Å². The van der Waals surface area contributed by atoms with Crippen LogP contribution in [0.2, 0.25) is 0 Å². The summed E-state index contributed by atoms with van der Waals surface area (Å²) in [6, 6.07) is 3.33. The van der Waals surface area contributed by atoms with Crippen molar-refractivity contribution in [3.05, 3.63) is 41.7 Å². The van der Waals surface area contributed by atoms with Crippen LogP contribution in [0.25, 0.3) is 0 Å². The van der Waals surface area contributed by atoms with Crippen molar-refractivity contribution in [3.8, 4) is 0 Å². The molecule has 0 aromatic carbocycles. The Morgan fingerprint density at radius 2 is 1.91 bits per heavy atom. The van der Waals surface area contributed by atoms with E-state index in [-0.39, 0.29) is 11.8 Å². The molecule has 0 bridgehead atoms. The predicted molar refractivity (Wildman–Crippen MR) is 81.0 cm³/mol.